The van der Waals surface area contributed by atoms with Crippen molar-refractivity contribution in [1.82, 2.24) is 14.8 Å². The van der Waals surface area contributed by atoms with E-state index in [0.29, 0.717) is 22.3 Å². The van der Waals surface area contributed by atoms with Crippen molar-refractivity contribution in [2.45, 2.75) is 37.4 Å². The minimum absolute atomic E-state index is 0.157. The van der Waals surface area contributed by atoms with Crippen LogP contribution in [0.25, 0.3) is 5.69 Å². The number of amides is 1. The van der Waals surface area contributed by atoms with Crippen molar-refractivity contribution in [3.05, 3.63) is 76.4 Å². The summed E-state index contributed by atoms with van der Waals surface area (Å²) in [5, 5.41) is 26.1. The van der Waals surface area contributed by atoms with Crippen LogP contribution in [0.15, 0.2) is 59.8 Å². The molecule has 0 saturated carbocycles. The van der Waals surface area contributed by atoms with Crippen molar-refractivity contribution >= 4 is 39.7 Å². The predicted octanol–water partition coefficient (Wildman–Crippen LogP) is 5.43. The molecular formula is C27H26N6O2S2. The van der Waals surface area contributed by atoms with E-state index in [-0.39, 0.29) is 11.7 Å². The van der Waals surface area contributed by atoms with Gasteiger partial charge in [-0.25, -0.2) is 0 Å². The molecule has 188 valence electrons. The molecule has 2 heterocycles. The molecule has 10 heteroatoms. The third-order valence-electron chi connectivity index (χ3n) is 6.12. The van der Waals surface area contributed by atoms with Crippen molar-refractivity contribution in [1.29, 1.82) is 5.26 Å². The zero-order valence-corrected chi connectivity index (χ0v) is 22.0. The first-order chi connectivity index (χ1) is 18.2. The molecule has 8 nitrogen and oxygen atoms in total. The van der Waals surface area contributed by atoms with Crippen molar-refractivity contribution in [3.63, 3.8) is 0 Å². The van der Waals surface area contributed by atoms with Gasteiger partial charge in [0.25, 0.3) is 0 Å². The van der Waals surface area contributed by atoms with E-state index in [1.165, 1.54) is 28.0 Å². The molecule has 0 bridgehead atoms. The second-order valence-corrected chi connectivity index (χ2v) is 10.6. The Kier molecular flexibility index (Phi) is 7.73. The maximum atomic E-state index is 12.9. The predicted molar refractivity (Wildman–Crippen MR) is 147 cm³/mol. The van der Waals surface area contributed by atoms with Gasteiger partial charge < -0.3 is 15.4 Å². The van der Waals surface area contributed by atoms with Gasteiger partial charge in [0.1, 0.15) is 16.8 Å². The third kappa shape index (κ3) is 5.63. The van der Waals surface area contributed by atoms with Gasteiger partial charge in [-0.3, -0.25) is 9.36 Å². The molecule has 37 heavy (non-hydrogen) atoms. The van der Waals surface area contributed by atoms with Gasteiger partial charge in [0.2, 0.25) is 5.91 Å². The van der Waals surface area contributed by atoms with Gasteiger partial charge in [0.05, 0.1) is 25.0 Å². The monoisotopic (exact) mass is 530 g/mol. The molecule has 5 rings (SSSR count). The van der Waals surface area contributed by atoms with Crippen LogP contribution in [-0.2, 0) is 24.2 Å². The molecule has 0 fully saturated rings. The van der Waals surface area contributed by atoms with E-state index >= 15 is 0 Å². The molecule has 1 aliphatic rings. The van der Waals surface area contributed by atoms with Crippen molar-refractivity contribution in [3.8, 4) is 17.5 Å². The summed E-state index contributed by atoms with van der Waals surface area (Å²) in [6.07, 6.45) is 4.11. The van der Waals surface area contributed by atoms with Crippen LogP contribution in [0, 0.1) is 11.3 Å². The summed E-state index contributed by atoms with van der Waals surface area (Å²) in [6.45, 7) is 0.452. The number of hydrogen-bond donors (Lipinski definition) is 2. The average molecular weight is 531 g/mol. The quantitative estimate of drug-likeness (QED) is 0.278. The van der Waals surface area contributed by atoms with Gasteiger partial charge in [-0.15, -0.1) is 21.5 Å². The number of aromatic nitrogens is 3. The fourth-order valence-electron chi connectivity index (χ4n) is 4.30. The van der Waals surface area contributed by atoms with Crippen LogP contribution >= 0.6 is 23.1 Å². The van der Waals surface area contributed by atoms with E-state index in [1.54, 1.807) is 7.11 Å². The summed E-state index contributed by atoms with van der Waals surface area (Å²) in [4.78, 5) is 14.1. The van der Waals surface area contributed by atoms with Gasteiger partial charge in [-0.2, -0.15) is 5.26 Å². The number of nitrogens with one attached hydrogen (secondary N) is 2. The molecule has 0 radical (unpaired) electrons. The second-order valence-electron chi connectivity index (χ2n) is 8.52. The SMILES string of the molecule is COc1ccc(NCc2nnc(SCC(=O)Nc3sc4c(c3C#N)CCCC4)n2-c2ccccc2)cc1. The van der Waals surface area contributed by atoms with E-state index in [9.17, 15) is 10.1 Å². The fraction of sp³-hybridized carbons (Fsp3) is 0.259. The van der Waals surface area contributed by atoms with Crippen LogP contribution in [0.2, 0.25) is 0 Å². The van der Waals surface area contributed by atoms with Crippen LogP contribution in [0.4, 0.5) is 10.7 Å². The molecule has 1 aliphatic carbocycles. The molecule has 4 aromatic rings. The maximum Gasteiger partial charge on any atom is 0.235 e. The molecular weight excluding hydrogens is 504 g/mol. The number of benzene rings is 2. The number of carbonyl (C=O) groups excluding carboxylic acids is 1. The number of thiophene rings is 1. The van der Waals surface area contributed by atoms with Gasteiger partial charge >= 0.3 is 0 Å². The topological polar surface area (TPSA) is 105 Å². The first-order valence-electron chi connectivity index (χ1n) is 12.0. The lowest BCUT2D eigenvalue weighted by atomic mass is 9.96. The Hall–Kier alpha value is -3.81. The molecule has 0 saturated heterocycles. The van der Waals surface area contributed by atoms with E-state index in [2.05, 4.69) is 26.9 Å². The number of nitriles is 1. The molecule has 1 amide bonds. The fourth-order valence-corrected chi connectivity index (χ4v) is 6.33. The highest BCUT2D eigenvalue weighted by Gasteiger charge is 2.22. The normalized spacial score (nSPS) is 12.4. The van der Waals surface area contributed by atoms with Crippen LogP contribution in [0.3, 0.4) is 0 Å². The van der Waals surface area contributed by atoms with Crippen LogP contribution < -0.4 is 15.4 Å². The highest BCUT2D eigenvalue weighted by molar-refractivity contribution is 7.99. The summed E-state index contributed by atoms with van der Waals surface area (Å²) in [5.41, 5.74) is 3.58. The summed E-state index contributed by atoms with van der Waals surface area (Å²) in [5.74, 6) is 1.51. The van der Waals surface area contributed by atoms with Gasteiger partial charge in [-0.05, 0) is 67.6 Å². The average Bonchev–Trinajstić information content (AvgIpc) is 3.51. The molecule has 2 aromatic carbocycles. The standard InChI is InChI=1S/C27H26N6O2S2/c1-35-20-13-11-18(12-14-20)29-16-24-31-32-27(33(24)19-7-3-2-4-8-19)36-17-25(34)30-26-22(15-28)21-9-5-6-10-23(21)37-26/h2-4,7-8,11-14,29H,5-6,9-10,16-17H2,1H3,(H,30,34). The molecule has 0 spiro atoms. The smallest absolute Gasteiger partial charge is 0.235 e. The lowest BCUT2D eigenvalue weighted by Gasteiger charge is -2.12. The highest BCUT2D eigenvalue weighted by atomic mass is 32.2. The molecule has 0 unspecified atom stereocenters. The number of hydrogen-bond acceptors (Lipinski definition) is 8. The number of rotatable bonds is 9. The summed E-state index contributed by atoms with van der Waals surface area (Å²) < 4.78 is 7.18. The number of methoxy groups -OCH3 is 1. The number of carbonyl (C=O) groups is 1. The summed E-state index contributed by atoms with van der Waals surface area (Å²) in [7, 11) is 1.64. The van der Waals surface area contributed by atoms with Gasteiger partial charge in [0.15, 0.2) is 11.0 Å². The van der Waals surface area contributed by atoms with E-state index in [4.69, 9.17) is 4.74 Å². The third-order valence-corrected chi connectivity index (χ3v) is 8.26. The van der Waals surface area contributed by atoms with Crippen LogP contribution in [0.1, 0.15) is 34.7 Å². The van der Waals surface area contributed by atoms with E-state index in [0.717, 1.165) is 54.2 Å². The van der Waals surface area contributed by atoms with Crippen molar-refractivity contribution in [2.75, 3.05) is 23.5 Å². The summed E-state index contributed by atoms with van der Waals surface area (Å²) >= 11 is 2.85. The maximum absolute atomic E-state index is 12.9. The minimum atomic E-state index is -0.166. The lowest BCUT2D eigenvalue weighted by molar-refractivity contribution is -0.113. The molecule has 0 aliphatic heterocycles. The van der Waals surface area contributed by atoms with Crippen LogP contribution in [-0.4, -0.2) is 33.5 Å². The number of aryl methyl sites for hydroxylation is 1. The number of para-hydroxylation sites is 1. The Balaban J connectivity index is 1.30. The molecule has 0 atom stereocenters. The minimum Gasteiger partial charge on any atom is -0.497 e. The molecule has 2 aromatic heterocycles. The van der Waals surface area contributed by atoms with E-state index < -0.39 is 0 Å². The number of nitrogens with zero attached hydrogens (tertiary/aromatic N) is 4. The van der Waals surface area contributed by atoms with Crippen LogP contribution in [0.5, 0.6) is 5.75 Å². The number of fused-ring (bicyclic) bond motifs is 1. The summed E-state index contributed by atoms with van der Waals surface area (Å²) in [6, 6.07) is 19.8. The molecule has 2 N–H and O–H groups in total. The largest absolute Gasteiger partial charge is 0.497 e. The first kappa shape index (κ1) is 24.9. The number of ether oxygens (including phenoxy) is 1. The Morgan fingerprint density at radius 1 is 1.14 bits per heavy atom. The van der Waals surface area contributed by atoms with Crippen molar-refractivity contribution in [2.24, 2.45) is 0 Å². The van der Waals surface area contributed by atoms with Gasteiger partial charge in [-0.1, -0.05) is 30.0 Å². The zero-order valence-electron chi connectivity index (χ0n) is 20.4. The zero-order chi connectivity index (χ0) is 25.6. The Bertz CT molecular complexity index is 1420. The lowest BCUT2D eigenvalue weighted by Crippen LogP contribution is -2.15. The number of anilines is 2. The Labute approximate surface area is 223 Å². The van der Waals surface area contributed by atoms with E-state index in [1.807, 2.05) is 59.2 Å². The first-order valence-corrected chi connectivity index (χ1v) is 13.8. The second kappa shape index (κ2) is 11.5. The Morgan fingerprint density at radius 3 is 2.68 bits per heavy atom. The number of thioether (sulfide) groups is 1. The Morgan fingerprint density at radius 2 is 1.92 bits per heavy atom. The highest BCUT2D eigenvalue weighted by Crippen LogP contribution is 2.37. The van der Waals surface area contributed by atoms with Crippen molar-refractivity contribution < 1.29 is 9.53 Å². The van der Waals surface area contributed by atoms with Gasteiger partial charge in [0, 0.05) is 16.3 Å².